The molecule has 4 heteroatoms. The first-order valence-electron chi connectivity index (χ1n) is 3.42. The normalized spacial score (nSPS) is 31.2. The number of cyclic esters (lactones) is 1. The zero-order valence-electron chi connectivity index (χ0n) is 6.63. The van der Waals surface area contributed by atoms with Gasteiger partial charge in [-0.05, 0) is 13.8 Å². The second-order valence-corrected chi connectivity index (χ2v) is 2.93. The highest BCUT2D eigenvalue weighted by Crippen LogP contribution is 2.14. The zero-order valence-corrected chi connectivity index (χ0v) is 6.63. The van der Waals surface area contributed by atoms with Crippen LogP contribution in [0.5, 0.6) is 0 Å². The number of aliphatic imine (C=N–C) groups is 1. The Morgan fingerprint density at radius 3 is 2.91 bits per heavy atom. The predicted molar refractivity (Wildman–Crippen MR) is 39.6 cm³/mol. The van der Waals surface area contributed by atoms with Gasteiger partial charge in [-0.15, -0.1) is 0 Å². The molecule has 0 radical (unpaired) electrons. The molecule has 1 atom stereocenters. The molecule has 1 aliphatic rings. The number of nitrogens with zero attached hydrogens (tertiary/aromatic N) is 1. The van der Waals surface area contributed by atoms with Gasteiger partial charge in [0.2, 0.25) is 0 Å². The van der Waals surface area contributed by atoms with Crippen molar-refractivity contribution in [2.75, 3.05) is 13.2 Å². The lowest BCUT2D eigenvalue weighted by atomic mass is 10.1. The molecule has 1 heterocycles. The SMILES string of the molecule is CC1=NC(C)(CO)COC1=O. The van der Waals surface area contributed by atoms with Crippen molar-refractivity contribution in [1.82, 2.24) is 0 Å². The summed E-state index contributed by atoms with van der Waals surface area (Å²) in [4.78, 5) is 14.8. The van der Waals surface area contributed by atoms with E-state index in [2.05, 4.69) is 4.99 Å². The number of aliphatic hydroxyl groups is 1. The summed E-state index contributed by atoms with van der Waals surface area (Å²) in [6.45, 7) is 3.38. The van der Waals surface area contributed by atoms with Gasteiger partial charge in [0.25, 0.3) is 0 Å². The quantitative estimate of drug-likeness (QED) is 0.534. The van der Waals surface area contributed by atoms with Gasteiger partial charge in [0.1, 0.15) is 17.9 Å². The summed E-state index contributed by atoms with van der Waals surface area (Å²) in [6, 6.07) is 0. The molecular formula is C7H11NO3. The van der Waals surface area contributed by atoms with Crippen LogP contribution in [0.25, 0.3) is 0 Å². The van der Waals surface area contributed by atoms with Gasteiger partial charge in [0.15, 0.2) is 0 Å². The van der Waals surface area contributed by atoms with Crippen molar-refractivity contribution in [3.05, 3.63) is 0 Å². The Balaban J connectivity index is 2.84. The van der Waals surface area contributed by atoms with Crippen LogP contribution in [0.15, 0.2) is 4.99 Å². The molecule has 0 saturated heterocycles. The number of carbonyl (C=O) groups excluding carboxylic acids is 1. The molecule has 4 nitrogen and oxygen atoms in total. The fourth-order valence-electron chi connectivity index (χ4n) is 0.889. The van der Waals surface area contributed by atoms with Crippen LogP contribution in [-0.2, 0) is 9.53 Å². The Bertz CT molecular complexity index is 212. The minimum atomic E-state index is -0.627. The van der Waals surface area contributed by atoms with Crippen LogP contribution < -0.4 is 0 Å². The topological polar surface area (TPSA) is 58.9 Å². The van der Waals surface area contributed by atoms with Crippen molar-refractivity contribution in [3.8, 4) is 0 Å². The van der Waals surface area contributed by atoms with Crippen LogP contribution in [0.2, 0.25) is 0 Å². The third-order valence-corrected chi connectivity index (χ3v) is 1.59. The molecule has 1 N–H and O–H groups in total. The van der Waals surface area contributed by atoms with E-state index >= 15 is 0 Å². The molecule has 0 fully saturated rings. The van der Waals surface area contributed by atoms with Crippen LogP contribution in [0, 0.1) is 0 Å². The summed E-state index contributed by atoms with van der Waals surface area (Å²) in [7, 11) is 0. The van der Waals surface area contributed by atoms with E-state index in [1.54, 1.807) is 13.8 Å². The Kier molecular flexibility index (Phi) is 1.95. The van der Waals surface area contributed by atoms with E-state index in [-0.39, 0.29) is 13.2 Å². The Labute approximate surface area is 64.9 Å². The van der Waals surface area contributed by atoms with Crippen molar-refractivity contribution >= 4 is 11.7 Å². The Hall–Kier alpha value is -0.900. The molecule has 1 unspecified atom stereocenters. The van der Waals surface area contributed by atoms with Gasteiger partial charge in [0.05, 0.1) is 6.61 Å². The van der Waals surface area contributed by atoms with Gasteiger partial charge < -0.3 is 9.84 Å². The summed E-state index contributed by atoms with van der Waals surface area (Å²) in [5.41, 5.74) is -0.300. The average Bonchev–Trinajstić information content (AvgIpc) is 1.98. The molecule has 0 aromatic heterocycles. The summed E-state index contributed by atoms with van der Waals surface area (Å²) in [5, 5.41) is 8.86. The molecule has 0 aliphatic carbocycles. The van der Waals surface area contributed by atoms with E-state index in [1.807, 2.05) is 0 Å². The second kappa shape index (κ2) is 2.62. The lowest BCUT2D eigenvalue weighted by Gasteiger charge is -2.26. The van der Waals surface area contributed by atoms with E-state index in [0.717, 1.165) is 0 Å². The summed E-state index contributed by atoms with van der Waals surface area (Å²) in [5.74, 6) is -0.393. The van der Waals surface area contributed by atoms with Crippen LogP contribution in [0.4, 0.5) is 0 Å². The highest BCUT2D eigenvalue weighted by Gasteiger charge is 2.30. The lowest BCUT2D eigenvalue weighted by molar-refractivity contribution is -0.139. The molecular weight excluding hydrogens is 146 g/mol. The predicted octanol–water partition coefficient (Wildman–Crippen LogP) is -0.245. The summed E-state index contributed by atoms with van der Waals surface area (Å²) in [6.07, 6.45) is 0. The smallest absolute Gasteiger partial charge is 0.352 e. The van der Waals surface area contributed by atoms with Crippen molar-refractivity contribution in [2.24, 2.45) is 4.99 Å². The molecule has 0 saturated carbocycles. The minimum absolute atomic E-state index is 0.0996. The number of esters is 1. The number of carbonyl (C=O) groups is 1. The van der Waals surface area contributed by atoms with Crippen LogP contribution >= 0.6 is 0 Å². The van der Waals surface area contributed by atoms with Crippen LogP contribution in [-0.4, -0.2) is 35.5 Å². The molecule has 62 valence electrons. The first-order chi connectivity index (χ1) is 5.07. The standard InChI is InChI=1S/C7H11NO3/c1-5-6(10)11-4-7(2,3-9)8-5/h9H,3-4H2,1-2H3. The van der Waals surface area contributed by atoms with Gasteiger partial charge in [-0.25, -0.2) is 4.79 Å². The maximum absolute atomic E-state index is 10.8. The van der Waals surface area contributed by atoms with Crippen molar-refractivity contribution in [1.29, 1.82) is 0 Å². The van der Waals surface area contributed by atoms with Gasteiger partial charge >= 0.3 is 5.97 Å². The van der Waals surface area contributed by atoms with Crippen molar-refractivity contribution < 1.29 is 14.6 Å². The molecule has 0 aromatic carbocycles. The second-order valence-electron chi connectivity index (χ2n) is 2.93. The maximum atomic E-state index is 10.8. The molecule has 0 bridgehead atoms. The summed E-state index contributed by atoms with van der Waals surface area (Å²) >= 11 is 0. The van der Waals surface area contributed by atoms with Gasteiger partial charge in [0, 0.05) is 0 Å². The Morgan fingerprint density at radius 1 is 1.82 bits per heavy atom. The fourth-order valence-corrected chi connectivity index (χ4v) is 0.889. The van der Waals surface area contributed by atoms with E-state index in [0.29, 0.717) is 5.71 Å². The lowest BCUT2D eigenvalue weighted by Crippen LogP contribution is -2.41. The summed E-state index contributed by atoms with van der Waals surface area (Å²) < 4.78 is 4.77. The number of rotatable bonds is 1. The zero-order chi connectivity index (χ0) is 8.48. The third kappa shape index (κ3) is 1.57. The molecule has 1 aliphatic heterocycles. The first-order valence-corrected chi connectivity index (χ1v) is 3.42. The number of ether oxygens (including phenoxy) is 1. The minimum Gasteiger partial charge on any atom is -0.459 e. The average molecular weight is 157 g/mol. The monoisotopic (exact) mass is 157 g/mol. The van der Waals surface area contributed by atoms with E-state index in [9.17, 15) is 4.79 Å². The Morgan fingerprint density at radius 2 is 2.45 bits per heavy atom. The highest BCUT2D eigenvalue weighted by molar-refractivity contribution is 6.35. The van der Waals surface area contributed by atoms with Crippen molar-refractivity contribution in [3.63, 3.8) is 0 Å². The largest absolute Gasteiger partial charge is 0.459 e. The third-order valence-electron chi connectivity index (χ3n) is 1.59. The number of hydrogen-bond acceptors (Lipinski definition) is 4. The molecule has 11 heavy (non-hydrogen) atoms. The van der Waals surface area contributed by atoms with E-state index in [1.165, 1.54) is 0 Å². The van der Waals surface area contributed by atoms with Crippen LogP contribution in [0.3, 0.4) is 0 Å². The van der Waals surface area contributed by atoms with Gasteiger partial charge in [-0.3, -0.25) is 4.99 Å². The van der Waals surface area contributed by atoms with Gasteiger partial charge in [-0.1, -0.05) is 0 Å². The number of aliphatic hydroxyl groups excluding tert-OH is 1. The molecule has 1 rings (SSSR count). The molecule has 0 spiro atoms. The number of hydrogen-bond donors (Lipinski definition) is 1. The van der Waals surface area contributed by atoms with Crippen LogP contribution in [0.1, 0.15) is 13.8 Å². The van der Waals surface area contributed by atoms with E-state index in [4.69, 9.17) is 9.84 Å². The molecule has 0 aromatic rings. The fraction of sp³-hybridized carbons (Fsp3) is 0.714. The first kappa shape index (κ1) is 8.20. The van der Waals surface area contributed by atoms with Crippen molar-refractivity contribution in [2.45, 2.75) is 19.4 Å². The molecule has 0 amide bonds. The van der Waals surface area contributed by atoms with E-state index < -0.39 is 11.5 Å². The highest BCUT2D eigenvalue weighted by atomic mass is 16.5. The van der Waals surface area contributed by atoms with Gasteiger partial charge in [-0.2, -0.15) is 0 Å². The maximum Gasteiger partial charge on any atom is 0.352 e.